The molecule has 10 heteroatoms. The zero-order chi connectivity index (χ0) is 25.4. The van der Waals surface area contributed by atoms with Crippen molar-refractivity contribution in [3.63, 3.8) is 0 Å². The van der Waals surface area contributed by atoms with Gasteiger partial charge < -0.3 is 10.0 Å². The van der Waals surface area contributed by atoms with Gasteiger partial charge in [0, 0.05) is 28.7 Å². The lowest BCUT2D eigenvalue weighted by Crippen LogP contribution is -2.43. The first-order chi connectivity index (χ1) is 16.7. The van der Waals surface area contributed by atoms with Gasteiger partial charge in [-0.1, -0.05) is 58.3 Å². The largest absolute Gasteiger partial charge is 0.506 e. The Morgan fingerprint density at radius 3 is 2.43 bits per heavy atom. The summed E-state index contributed by atoms with van der Waals surface area (Å²) in [7, 11) is 0. The second-order valence-electron chi connectivity index (χ2n) is 7.94. The van der Waals surface area contributed by atoms with E-state index < -0.39 is 6.04 Å². The minimum Gasteiger partial charge on any atom is -0.506 e. The number of fused-ring (bicyclic) bond motifs is 1. The van der Waals surface area contributed by atoms with E-state index in [2.05, 4.69) is 4.99 Å². The molecule has 1 N–H and O–H groups in total. The van der Waals surface area contributed by atoms with Gasteiger partial charge >= 0.3 is 0 Å². The second kappa shape index (κ2) is 10.2. The van der Waals surface area contributed by atoms with Crippen LogP contribution < -0.4 is 14.9 Å². The minimum atomic E-state index is -0.685. The van der Waals surface area contributed by atoms with Crippen LogP contribution in [0, 0.1) is 0 Å². The molecule has 1 aromatic heterocycles. The second-order valence-corrected chi connectivity index (χ2v) is 10.2. The molecule has 2 heterocycles. The van der Waals surface area contributed by atoms with Crippen molar-refractivity contribution >= 4 is 58.1 Å². The van der Waals surface area contributed by atoms with Crippen molar-refractivity contribution in [3.05, 3.63) is 93.6 Å². The minimum absolute atomic E-state index is 0.0820. The highest BCUT2D eigenvalue weighted by Crippen LogP contribution is 2.33. The number of benzene rings is 2. The van der Waals surface area contributed by atoms with E-state index in [1.807, 2.05) is 13.8 Å². The first kappa shape index (κ1) is 25.5. The van der Waals surface area contributed by atoms with E-state index in [1.165, 1.54) is 22.8 Å². The number of halogens is 3. The number of hydrogen-bond acceptors (Lipinski definition) is 5. The van der Waals surface area contributed by atoms with Crippen molar-refractivity contribution < 1.29 is 9.90 Å². The lowest BCUT2D eigenvalue weighted by Gasteiger charge is -2.29. The summed E-state index contributed by atoms with van der Waals surface area (Å²) in [4.78, 5) is 34.0. The molecular weight excluding hydrogens is 529 g/mol. The fraction of sp³-hybridized carbons (Fsp3) is 0.240. The van der Waals surface area contributed by atoms with E-state index in [0.717, 1.165) is 16.9 Å². The van der Waals surface area contributed by atoms with Gasteiger partial charge in [0.25, 0.3) is 11.5 Å². The number of allylic oxidation sites excluding steroid dienone is 1. The Morgan fingerprint density at radius 2 is 1.80 bits per heavy atom. The van der Waals surface area contributed by atoms with Crippen LogP contribution in [0.15, 0.2) is 57.5 Å². The predicted octanol–water partition coefficient (Wildman–Crippen LogP) is 4.77. The maximum absolute atomic E-state index is 13.7. The first-order valence-corrected chi connectivity index (χ1v) is 12.9. The van der Waals surface area contributed by atoms with E-state index >= 15 is 0 Å². The standard InChI is InChI=1S/C25H22Cl3N3O3S/c1-4-30(5-2)24(34)20-13(3)29-25-31(21(20)14-6-8-16(26)9-7-14)23(33)19(35-25)11-15-10-17(27)12-18(28)22(15)32/h6-12,21,32H,4-5H2,1-3H3/b19-11+/t21-/m0/s1. The van der Waals surface area contributed by atoms with Crippen LogP contribution in [0.2, 0.25) is 15.1 Å². The van der Waals surface area contributed by atoms with Crippen molar-refractivity contribution in [3.8, 4) is 5.75 Å². The van der Waals surface area contributed by atoms with E-state index in [0.29, 0.717) is 49.3 Å². The molecule has 1 aliphatic rings. The molecule has 0 spiro atoms. The fourth-order valence-electron chi connectivity index (χ4n) is 4.07. The molecule has 0 fully saturated rings. The molecule has 0 saturated carbocycles. The molecule has 0 radical (unpaired) electrons. The number of aromatic hydroxyl groups is 1. The summed E-state index contributed by atoms with van der Waals surface area (Å²) in [5.41, 5.74) is 1.68. The Bertz CT molecular complexity index is 1520. The van der Waals surface area contributed by atoms with Crippen molar-refractivity contribution in [2.75, 3.05) is 13.1 Å². The Hall–Kier alpha value is -2.58. The molecule has 4 rings (SSSR count). The number of carbonyl (C=O) groups is 1. The average molecular weight is 551 g/mol. The summed E-state index contributed by atoms with van der Waals surface area (Å²) in [5, 5.41) is 11.3. The molecule has 0 bridgehead atoms. The Balaban J connectivity index is 1.99. The highest BCUT2D eigenvalue weighted by molar-refractivity contribution is 7.07. The van der Waals surface area contributed by atoms with Gasteiger partial charge in [0.1, 0.15) is 5.75 Å². The van der Waals surface area contributed by atoms with E-state index in [1.54, 1.807) is 36.1 Å². The monoisotopic (exact) mass is 549 g/mol. The number of rotatable bonds is 5. The van der Waals surface area contributed by atoms with Crippen molar-refractivity contribution in [2.45, 2.75) is 26.8 Å². The lowest BCUT2D eigenvalue weighted by molar-refractivity contribution is -0.127. The van der Waals surface area contributed by atoms with Gasteiger partial charge in [-0.25, -0.2) is 4.99 Å². The van der Waals surface area contributed by atoms with Crippen LogP contribution in [0.1, 0.15) is 37.9 Å². The lowest BCUT2D eigenvalue weighted by atomic mass is 9.94. The number of thiazole rings is 1. The molecule has 1 aliphatic heterocycles. The predicted molar refractivity (Wildman–Crippen MR) is 141 cm³/mol. The number of amides is 1. The molecular formula is C25H22Cl3N3O3S. The number of nitrogens with zero attached hydrogens (tertiary/aromatic N) is 3. The van der Waals surface area contributed by atoms with Crippen LogP contribution in [0.4, 0.5) is 0 Å². The van der Waals surface area contributed by atoms with E-state index in [4.69, 9.17) is 34.8 Å². The number of phenols is 1. The van der Waals surface area contributed by atoms with Crippen LogP contribution in [0.5, 0.6) is 5.75 Å². The van der Waals surface area contributed by atoms with Crippen LogP contribution in [0.25, 0.3) is 6.08 Å². The third-order valence-electron chi connectivity index (χ3n) is 5.83. The summed E-state index contributed by atoms with van der Waals surface area (Å²) in [5.74, 6) is -0.352. The first-order valence-electron chi connectivity index (χ1n) is 10.9. The fourth-order valence-corrected chi connectivity index (χ4v) is 5.75. The average Bonchev–Trinajstić information content (AvgIpc) is 3.12. The number of likely N-dealkylation sites (N-methyl/N-ethyl adjacent to an activating group) is 1. The molecule has 1 amide bonds. The van der Waals surface area contributed by atoms with Crippen LogP contribution >= 0.6 is 46.1 Å². The Kier molecular flexibility index (Phi) is 7.43. The summed E-state index contributed by atoms with van der Waals surface area (Å²) in [6, 6.07) is 9.34. The zero-order valence-electron chi connectivity index (χ0n) is 19.2. The Morgan fingerprint density at radius 1 is 1.14 bits per heavy atom. The zero-order valence-corrected chi connectivity index (χ0v) is 22.3. The van der Waals surface area contributed by atoms with Crippen molar-refractivity contribution in [2.24, 2.45) is 4.99 Å². The SMILES string of the molecule is CCN(CC)C(=O)C1=C(C)N=c2s/c(=C/c3cc(Cl)cc(Cl)c3O)c(=O)n2[C@H]1c1ccc(Cl)cc1. The summed E-state index contributed by atoms with van der Waals surface area (Å²) < 4.78 is 1.84. The molecule has 0 saturated heterocycles. The molecule has 0 unspecified atom stereocenters. The van der Waals surface area contributed by atoms with Crippen LogP contribution in [-0.2, 0) is 4.79 Å². The van der Waals surface area contributed by atoms with Gasteiger partial charge in [-0.05, 0) is 56.7 Å². The molecule has 3 aromatic rings. The molecule has 0 aliphatic carbocycles. The van der Waals surface area contributed by atoms with E-state index in [9.17, 15) is 14.7 Å². The van der Waals surface area contributed by atoms with Gasteiger partial charge in [-0.15, -0.1) is 0 Å². The molecule has 2 aromatic carbocycles. The van der Waals surface area contributed by atoms with Gasteiger partial charge in [0.05, 0.1) is 26.9 Å². The van der Waals surface area contributed by atoms with Gasteiger partial charge in [-0.3, -0.25) is 14.2 Å². The molecule has 6 nitrogen and oxygen atoms in total. The van der Waals surface area contributed by atoms with Gasteiger partial charge in [0.2, 0.25) is 0 Å². The molecule has 182 valence electrons. The number of hydrogen-bond donors (Lipinski definition) is 1. The van der Waals surface area contributed by atoms with Crippen LogP contribution in [-0.4, -0.2) is 33.6 Å². The Labute approximate surface area is 221 Å². The van der Waals surface area contributed by atoms with E-state index in [-0.39, 0.29) is 22.2 Å². The van der Waals surface area contributed by atoms with Crippen molar-refractivity contribution in [1.29, 1.82) is 0 Å². The highest BCUT2D eigenvalue weighted by Gasteiger charge is 2.34. The normalized spacial score (nSPS) is 15.7. The summed E-state index contributed by atoms with van der Waals surface area (Å²) >= 11 is 19.4. The third kappa shape index (κ3) is 4.78. The summed E-state index contributed by atoms with van der Waals surface area (Å²) in [6.07, 6.45) is 1.53. The van der Waals surface area contributed by atoms with Crippen LogP contribution in [0.3, 0.4) is 0 Å². The quantitative estimate of drug-likeness (QED) is 0.497. The molecule has 35 heavy (non-hydrogen) atoms. The number of carbonyl (C=O) groups excluding carboxylic acids is 1. The number of aromatic nitrogens is 1. The maximum atomic E-state index is 13.7. The van der Waals surface area contributed by atoms with Gasteiger partial charge in [-0.2, -0.15) is 0 Å². The summed E-state index contributed by atoms with van der Waals surface area (Å²) in [6.45, 7) is 6.65. The van der Waals surface area contributed by atoms with Gasteiger partial charge in [0.15, 0.2) is 4.80 Å². The molecule has 1 atom stereocenters. The topological polar surface area (TPSA) is 74.9 Å². The van der Waals surface area contributed by atoms with Crippen molar-refractivity contribution in [1.82, 2.24) is 9.47 Å². The third-order valence-corrected chi connectivity index (χ3v) is 7.57. The highest BCUT2D eigenvalue weighted by atomic mass is 35.5. The maximum Gasteiger partial charge on any atom is 0.271 e. The number of phenolic OH excluding ortho intramolecular Hbond substituents is 1. The smallest absolute Gasteiger partial charge is 0.271 e.